The van der Waals surface area contributed by atoms with Crippen LogP contribution in [0.15, 0.2) is 12.1 Å². The molecule has 4 heteroatoms. The summed E-state index contributed by atoms with van der Waals surface area (Å²) in [5.41, 5.74) is 19.1. The summed E-state index contributed by atoms with van der Waals surface area (Å²) in [6, 6.07) is 3.41. The first-order valence-electron chi connectivity index (χ1n) is 3.28. The van der Waals surface area contributed by atoms with Crippen molar-refractivity contribution >= 4 is 22.7 Å². The Hall–Kier alpha value is -1.58. The van der Waals surface area contributed by atoms with Crippen LogP contribution in [-0.2, 0) is 0 Å². The number of nitrogens with one attached hydrogen (secondary N) is 1. The summed E-state index contributed by atoms with van der Waals surface area (Å²) < 4.78 is 0. The van der Waals surface area contributed by atoms with E-state index in [1.54, 1.807) is 19.2 Å². The van der Waals surface area contributed by atoms with Crippen LogP contribution in [0.3, 0.4) is 0 Å². The van der Waals surface area contributed by atoms with E-state index in [-0.39, 0.29) is 0 Å². The number of nitrogen functional groups attached to an aromatic ring is 3. The first-order chi connectivity index (χ1) is 5.16. The molecule has 1 aromatic rings. The lowest BCUT2D eigenvalue weighted by Gasteiger charge is -2.09. The van der Waals surface area contributed by atoms with E-state index in [1.807, 2.05) is 0 Å². The van der Waals surface area contributed by atoms with Crippen LogP contribution in [0, 0.1) is 0 Å². The predicted octanol–water partition coefficient (Wildman–Crippen LogP) is 0.475. The van der Waals surface area contributed by atoms with Gasteiger partial charge in [-0.15, -0.1) is 0 Å². The van der Waals surface area contributed by atoms with Gasteiger partial charge in [-0.2, -0.15) is 0 Å². The normalized spacial score (nSPS) is 9.55. The molecule has 0 saturated carbocycles. The van der Waals surface area contributed by atoms with Gasteiger partial charge < -0.3 is 22.5 Å². The Labute approximate surface area is 65.4 Å². The second kappa shape index (κ2) is 2.57. The smallest absolute Gasteiger partial charge is 0.0826 e. The average Bonchev–Trinajstić information content (AvgIpc) is 1.99. The van der Waals surface area contributed by atoms with Crippen molar-refractivity contribution in [2.24, 2.45) is 0 Å². The second-order valence-corrected chi connectivity index (χ2v) is 2.28. The van der Waals surface area contributed by atoms with Gasteiger partial charge in [0.15, 0.2) is 0 Å². The van der Waals surface area contributed by atoms with Crippen LogP contribution in [0.4, 0.5) is 22.7 Å². The number of benzene rings is 1. The molecule has 0 spiro atoms. The highest BCUT2D eigenvalue weighted by molar-refractivity contribution is 5.87. The van der Waals surface area contributed by atoms with Crippen molar-refractivity contribution in [3.05, 3.63) is 12.1 Å². The highest BCUT2D eigenvalue weighted by Gasteiger charge is 2.03. The van der Waals surface area contributed by atoms with Crippen molar-refractivity contribution in [1.29, 1.82) is 0 Å². The molecule has 0 atom stereocenters. The maximum atomic E-state index is 5.63. The first-order valence-corrected chi connectivity index (χ1v) is 3.28. The molecule has 0 heterocycles. The molecule has 1 aromatic carbocycles. The van der Waals surface area contributed by atoms with Gasteiger partial charge in [0.05, 0.1) is 22.7 Å². The molecule has 7 N–H and O–H groups in total. The molecule has 0 amide bonds. The van der Waals surface area contributed by atoms with Gasteiger partial charge in [-0.05, 0) is 12.1 Å². The number of anilines is 4. The number of hydrogen-bond acceptors (Lipinski definition) is 4. The number of rotatable bonds is 1. The van der Waals surface area contributed by atoms with Crippen molar-refractivity contribution in [3.63, 3.8) is 0 Å². The fourth-order valence-electron chi connectivity index (χ4n) is 0.932. The van der Waals surface area contributed by atoms with Crippen LogP contribution in [0.1, 0.15) is 0 Å². The average molecular weight is 152 g/mol. The highest BCUT2D eigenvalue weighted by atomic mass is 14.9. The minimum absolute atomic E-state index is 0.507. The zero-order chi connectivity index (χ0) is 8.43. The quantitative estimate of drug-likeness (QED) is 0.440. The molecule has 0 bridgehead atoms. The van der Waals surface area contributed by atoms with E-state index in [0.29, 0.717) is 22.7 Å². The largest absolute Gasteiger partial charge is 0.397 e. The fraction of sp³-hybridized carbons (Fsp3) is 0.143. The van der Waals surface area contributed by atoms with E-state index in [9.17, 15) is 0 Å². The molecule has 0 aliphatic rings. The van der Waals surface area contributed by atoms with Crippen LogP contribution in [-0.4, -0.2) is 7.05 Å². The molecule has 0 aromatic heterocycles. The van der Waals surface area contributed by atoms with Gasteiger partial charge in [0.2, 0.25) is 0 Å². The third kappa shape index (κ3) is 1.14. The lowest BCUT2D eigenvalue weighted by Crippen LogP contribution is -2.03. The summed E-state index contributed by atoms with van der Waals surface area (Å²) >= 11 is 0. The Morgan fingerprint density at radius 2 is 1.64 bits per heavy atom. The number of hydrogen-bond donors (Lipinski definition) is 4. The van der Waals surface area contributed by atoms with E-state index in [1.165, 1.54) is 0 Å². The predicted molar refractivity (Wildman–Crippen MR) is 49.2 cm³/mol. The molecule has 0 aliphatic heterocycles. The first kappa shape index (κ1) is 7.53. The third-order valence-electron chi connectivity index (χ3n) is 1.56. The molecule has 0 fully saturated rings. The van der Waals surface area contributed by atoms with E-state index < -0.39 is 0 Å². The van der Waals surface area contributed by atoms with Crippen LogP contribution in [0.2, 0.25) is 0 Å². The van der Waals surface area contributed by atoms with Crippen LogP contribution in [0.25, 0.3) is 0 Å². The Balaban J connectivity index is 3.29. The minimum atomic E-state index is 0.507. The summed E-state index contributed by atoms with van der Waals surface area (Å²) in [6.07, 6.45) is 0. The molecule has 0 unspecified atom stereocenters. The van der Waals surface area contributed by atoms with Crippen LogP contribution >= 0.6 is 0 Å². The van der Waals surface area contributed by atoms with Crippen molar-refractivity contribution in [2.45, 2.75) is 0 Å². The second-order valence-electron chi connectivity index (χ2n) is 2.28. The third-order valence-corrected chi connectivity index (χ3v) is 1.56. The molecule has 11 heavy (non-hydrogen) atoms. The lowest BCUT2D eigenvalue weighted by molar-refractivity contribution is 1.51. The summed E-state index contributed by atoms with van der Waals surface area (Å²) in [7, 11) is 1.75. The van der Waals surface area contributed by atoms with Gasteiger partial charge >= 0.3 is 0 Å². The Morgan fingerprint density at radius 1 is 1.09 bits per heavy atom. The Bertz CT molecular complexity index is 269. The van der Waals surface area contributed by atoms with Gasteiger partial charge in [0, 0.05) is 7.05 Å². The maximum absolute atomic E-state index is 5.63. The standard InChI is InChI=1S/C7H12N4/c1-11-7-5(9)3-2-4(8)6(7)10/h2-3,11H,8-10H2,1H3. The summed E-state index contributed by atoms with van der Waals surface area (Å²) in [5, 5.41) is 2.87. The lowest BCUT2D eigenvalue weighted by atomic mass is 10.2. The van der Waals surface area contributed by atoms with Crippen molar-refractivity contribution in [1.82, 2.24) is 0 Å². The monoisotopic (exact) mass is 152 g/mol. The SMILES string of the molecule is CNc1c(N)ccc(N)c1N. The number of nitrogens with two attached hydrogens (primary N) is 3. The Morgan fingerprint density at radius 3 is 2.09 bits per heavy atom. The topological polar surface area (TPSA) is 90.1 Å². The molecule has 0 saturated heterocycles. The van der Waals surface area contributed by atoms with Gasteiger partial charge in [0.1, 0.15) is 0 Å². The van der Waals surface area contributed by atoms with E-state index >= 15 is 0 Å². The molecule has 0 aliphatic carbocycles. The van der Waals surface area contributed by atoms with E-state index in [2.05, 4.69) is 5.32 Å². The van der Waals surface area contributed by atoms with Gasteiger partial charge in [-0.1, -0.05) is 0 Å². The van der Waals surface area contributed by atoms with E-state index in [4.69, 9.17) is 17.2 Å². The molecule has 1 rings (SSSR count). The summed E-state index contributed by atoms with van der Waals surface area (Å²) in [4.78, 5) is 0. The Kier molecular flexibility index (Phi) is 1.76. The molecular formula is C7H12N4. The summed E-state index contributed by atoms with van der Waals surface area (Å²) in [6.45, 7) is 0. The molecule has 4 nitrogen and oxygen atoms in total. The molecule has 0 radical (unpaired) electrons. The zero-order valence-electron chi connectivity index (χ0n) is 6.39. The minimum Gasteiger partial charge on any atom is -0.397 e. The maximum Gasteiger partial charge on any atom is 0.0826 e. The van der Waals surface area contributed by atoms with Crippen molar-refractivity contribution < 1.29 is 0 Å². The van der Waals surface area contributed by atoms with Crippen molar-refractivity contribution in [2.75, 3.05) is 29.6 Å². The molecular weight excluding hydrogens is 140 g/mol. The van der Waals surface area contributed by atoms with E-state index in [0.717, 1.165) is 0 Å². The van der Waals surface area contributed by atoms with Crippen LogP contribution in [0.5, 0.6) is 0 Å². The van der Waals surface area contributed by atoms with Crippen LogP contribution < -0.4 is 22.5 Å². The van der Waals surface area contributed by atoms with Gasteiger partial charge in [-0.25, -0.2) is 0 Å². The highest BCUT2D eigenvalue weighted by Crippen LogP contribution is 2.30. The summed E-state index contributed by atoms with van der Waals surface area (Å²) in [5.74, 6) is 0. The zero-order valence-corrected chi connectivity index (χ0v) is 6.39. The molecule has 60 valence electrons. The fourth-order valence-corrected chi connectivity index (χ4v) is 0.932. The van der Waals surface area contributed by atoms with Crippen molar-refractivity contribution in [3.8, 4) is 0 Å². The van der Waals surface area contributed by atoms with Gasteiger partial charge in [0.25, 0.3) is 0 Å². The van der Waals surface area contributed by atoms with Gasteiger partial charge in [-0.3, -0.25) is 0 Å².